The highest BCUT2D eigenvalue weighted by Crippen LogP contribution is 2.22. The first-order valence-corrected chi connectivity index (χ1v) is 10.3. The first-order valence-electron chi connectivity index (χ1n) is 10.3. The van der Waals surface area contributed by atoms with Gasteiger partial charge >= 0.3 is 0 Å². The Labute approximate surface area is 165 Å². The minimum Gasteiger partial charge on any atom is -0.342 e. The monoisotopic (exact) mass is 374 g/mol. The number of H-pyrrole nitrogens is 1. The molecule has 0 bridgehead atoms. The normalized spacial score (nSPS) is 20.3. The topological polar surface area (TPSA) is 52.2 Å². The molecular weight excluding hydrogens is 348 g/mol. The van der Waals surface area contributed by atoms with Gasteiger partial charge in [-0.2, -0.15) is 0 Å². The summed E-state index contributed by atoms with van der Waals surface area (Å²) in [5.41, 5.74) is 4.00. The zero-order valence-electron chi connectivity index (χ0n) is 16.1. The van der Waals surface area contributed by atoms with Crippen molar-refractivity contribution in [3.05, 3.63) is 65.5 Å². The van der Waals surface area contributed by atoms with Crippen molar-refractivity contribution in [1.29, 1.82) is 0 Å². The van der Waals surface area contributed by atoms with Gasteiger partial charge in [-0.25, -0.2) is 4.98 Å². The van der Waals surface area contributed by atoms with E-state index in [-0.39, 0.29) is 5.91 Å². The number of hydrogen-bond donors (Lipinski definition) is 1. The summed E-state index contributed by atoms with van der Waals surface area (Å²) in [6, 6.07) is 16.6. The Kier molecular flexibility index (Phi) is 4.61. The number of likely N-dealkylation sites (tertiary alicyclic amines) is 2. The zero-order chi connectivity index (χ0) is 18.9. The van der Waals surface area contributed by atoms with Crippen LogP contribution >= 0.6 is 0 Å². The molecule has 1 atom stereocenters. The molecule has 2 aliphatic heterocycles. The van der Waals surface area contributed by atoms with E-state index in [4.69, 9.17) is 0 Å². The van der Waals surface area contributed by atoms with Crippen molar-refractivity contribution < 1.29 is 4.79 Å². The molecular formula is C23H26N4O. The van der Waals surface area contributed by atoms with E-state index in [1.54, 1.807) is 0 Å². The number of para-hydroxylation sites is 2. The van der Waals surface area contributed by atoms with Crippen LogP contribution < -0.4 is 0 Å². The van der Waals surface area contributed by atoms with Crippen molar-refractivity contribution in [2.45, 2.75) is 31.7 Å². The Balaban J connectivity index is 1.24. The summed E-state index contributed by atoms with van der Waals surface area (Å²) in [7, 11) is 0. The van der Waals surface area contributed by atoms with Crippen LogP contribution in [-0.4, -0.2) is 57.9 Å². The fourth-order valence-corrected chi connectivity index (χ4v) is 4.56. The van der Waals surface area contributed by atoms with Crippen LogP contribution in [0, 0.1) is 0 Å². The van der Waals surface area contributed by atoms with Gasteiger partial charge in [-0.3, -0.25) is 9.69 Å². The maximum atomic E-state index is 12.9. The van der Waals surface area contributed by atoms with Crippen LogP contribution in [0.3, 0.4) is 0 Å². The number of carbonyl (C=O) groups is 1. The molecule has 28 heavy (non-hydrogen) atoms. The van der Waals surface area contributed by atoms with E-state index in [2.05, 4.69) is 27.0 Å². The highest BCUT2D eigenvalue weighted by atomic mass is 16.2. The molecule has 144 valence electrons. The van der Waals surface area contributed by atoms with Crippen molar-refractivity contribution >= 4 is 16.9 Å². The van der Waals surface area contributed by atoms with Crippen LogP contribution in [0.2, 0.25) is 0 Å². The second kappa shape index (κ2) is 7.40. The summed E-state index contributed by atoms with van der Waals surface area (Å²) in [4.78, 5) is 25.5. The van der Waals surface area contributed by atoms with Gasteiger partial charge in [0.2, 0.25) is 0 Å². The molecule has 5 nitrogen and oxygen atoms in total. The number of hydrogen-bond acceptors (Lipinski definition) is 3. The number of imidazole rings is 1. The van der Waals surface area contributed by atoms with Gasteiger partial charge in [-0.15, -0.1) is 0 Å². The third-order valence-electron chi connectivity index (χ3n) is 6.12. The highest BCUT2D eigenvalue weighted by Gasteiger charge is 2.31. The zero-order valence-corrected chi connectivity index (χ0v) is 16.1. The molecule has 0 spiro atoms. The van der Waals surface area contributed by atoms with E-state index in [1.165, 1.54) is 25.9 Å². The average Bonchev–Trinajstić information content (AvgIpc) is 3.47. The van der Waals surface area contributed by atoms with E-state index < -0.39 is 0 Å². The van der Waals surface area contributed by atoms with Crippen molar-refractivity contribution in [3.8, 4) is 0 Å². The quantitative estimate of drug-likeness (QED) is 0.761. The standard InChI is InChI=1S/C23H26N4O/c28-23(27-14-11-19(16-27)26-12-3-4-13-26)18-9-7-17(8-10-18)15-22-24-20-5-1-2-6-21(20)25-22/h1-2,5-10,19H,3-4,11-16H2,(H,24,25)/t19-/m0/s1. The van der Waals surface area contributed by atoms with Gasteiger partial charge in [0.1, 0.15) is 5.82 Å². The number of rotatable bonds is 4. The fourth-order valence-electron chi connectivity index (χ4n) is 4.56. The molecule has 2 aromatic carbocycles. The molecule has 0 radical (unpaired) electrons. The van der Waals surface area contributed by atoms with E-state index in [1.807, 2.05) is 41.3 Å². The summed E-state index contributed by atoms with van der Waals surface area (Å²) < 4.78 is 0. The molecule has 2 fully saturated rings. The molecule has 0 unspecified atom stereocenters. The maximum absolute atomic E-state index is 12.9. The van der Waals surface area contributed by atoms with E-state index >= 15 is 0 Å². The van der Waals surface area contributed by atoms with Gasteiger partial charge in [0.15, 0.2) is 0 Å². The number of benzene rings is 2. The Hall–Kier alpha value is -2.66. The Morgan fingerprint density at radius 3 is 2.61 bits per heavy atom. The Morgan fingerprint density at radius 1 is 1.04 bits per heavy atom. The number of aromatic nitrogens is 2. The summed E-state index contributed by atoms with van der Waals surface area (Å²) in [5, 5.41) is 0. The summed E-state index contributed by atoms with van der Waals surface area (Å²) in [6.45, 7) is 4.15. The fraction of sp³-hybridized carbons (Fsp3) is 0.391. The average molecular weight is 374 g/mol. The second-order valence-electron chi connectivity index (χ2n) is 8.01. The predicted molar refractivity (Wildman–Crippen MR) is 110 cm³/mol. The Morgan fingerprint density at radius 2 is 1.82 bits per heavy atom. The van der Waals surface area contributed by atoms with Crippen LogP contribution in [0.4, 0.5) is 0 Å². The summed E-state index contributed by atoms with van der Waals surface area (Å²) in [6.07, 6.45) is 4.45. The van der Waals surface area contributed by atoms with Gasteiger partial charge in [0.05, 0.1) is 11.0 Å². The number of nitrogens with one attached hydrogen (secondary N) is 1. The van der Waals surface area contributed by atoms with Crippen molar-refractivity contribution in [1.82, 2.24) is 19.8 Å². The van der Waals surface area contributed by atoms with Crippen LogP contribution in [0.1, 0.15) is 41.0 Å². The predicted octanol–water partition coefficient (Wildman–Crippen LogP) is 3.46. The lowest BCUT2D eigenvalue weighted by Gasteiger charge is -2.23. The molecule has 3 heterocycles. The number of amides is 1. The summed E-state index contributed by atoms with van der Waals surface area (Å²) >= 11 is 0. The van der Waals surface area contributed by atoms with Crippen molar-refractivity contribution in [2.75, 3.05) is 26.2 Å². The van der Waals surface area contributed by atoms with E-state index in [0.29, 0.717) is 6.04 Å². The molecule has 3 aromatic rings. The smallest absolute Gasteiger partial charge is 0.253 e. The van der Waals surface area contributed by atoms with Crippen LogP contribution in [0.5, 0.6) is 0 Å². The first-order chi connectivity index (χ1) is 13.8. The largest absolute Gasteiger partial charge is 0.342 e. The van der Waals surface area contributed by atoms with Gasteiger partial charge in [0, 0.05) is 31.1 Å². The summed E-state index contributed by atoms with van der Waals surface area (Å²) in [5.74, 6) is 1.12. The SMILES string of the molecule is O=C(c1ccc(Cc2nc3ccccc3[nH]2)cc1)N1CC[C@H](N2CCCC2)C1. The third-order valence-corrected chi connectivity index (χ3v) is 6.12. The van der Waals surface area contributed by atoms with Gasteiger partial charge in [0.25, 0.3) is 5.91 Å². The molecule has 1 amide bonds. The number of fused-ring (bicyclic) bond motifs is 1. The molecule has 0 saturated carbocycles. The number of nitrogens with zero attached hydrogens (tertiary/aromatic N) is 3. The second-order valence-corrected chi connectivity index (χ2v) is 8.01. The molecule has 1 N–H and O–H groups in total. The van der Waals surface area contributed by atoms with Crippen LogP contribution in [-0.2, 0) is 6.42 Å². The Bertz CT molecular complexity index is 939. The van der Waals surface area contributed by atoms with E-state index in [0.717, 1.165) is 53.9 Å². The number of aromatic amines is 1. The van der Waals surface area contributed by atoms with Crippen LogP contribution in [0.15, 0.2) is 48.5 Å². The van der Waals surface area contributed by atoms with Gasteiger partial charge in [-0.1, -0.05) is 24.3 Å². The lowest BCUT2D eigenvalue weighted by atomic mass is 10.1. The van der Waals surface area contributed by atoms with Crippen LogP contribution in [0.25, 0.3) is 11.0 Å². The third kappa shape index (κ3) is 3.42. The minimum absolute atomic E-state index is 0.164. The number of carbonyl (C=O) groups excluding carboxylic acids is 1. The van der Waals surface area contributed by atoms with Gasteiger partial charge in [-0.05, 0) is 62.2 Å². The molecule has 5 heteroatoms. The van der Waals surface area contributed by atoms with Crippen molar-refractivity contribution in [2.24, 2.45) is 0 Å². The molecule has 1 aromatic heterocycles. The molecule has 2 saturated heterocycles. The lowest BCUT2D eigenvalue weighted by Crippen LogP contribution is -2.37. The van der Waals surface area contributed by atoms with Crippen molar-refractivity contribution in [3.63, 3.8) is 0 Å². The highest BCUT2D eigenvalue weighted by molar-refractivity contribution is 5.94. The van der Waals surface area contributed by atoms with Gasteiger partial charge < -0.3 is 9.88 Å². The first kappa shape index (κ1) is 17.4. The molecule has 0 aliphatic carbocycles. The minimum atomic E-state index is 0.164. The maximum Gasteiger partial charge on any atom is 0.253 e. The molecule has 2 aliphatic rings. The molecule has 5 rings (SSSR count). The lowest BCUT2D eigenvalue weighted by molar-refractivity contribution is 0.0780. The van der Waals surface area contributed by atoms with E-state index in [9.17, 15) is 4.79 Å².